The summed E-state index contributed by atoms with van der Waals surface area (Å²) in [5, 5.41) is 3.32. The van der Waals surface area contributed by atoms with E-state index in [1.54, 1.807) is 21.0 Å². The molecule has 4 nitrogen and oxygen atoms in total. The first-order chi connectivity index (χ1) is 8.56. The first-order valence-corrected chi connectivity index (χ1v) is 6.22. The fraction of sp³-hybridized carbons (Fsp3) is 0.500. The van der Waals surface area contributed by atoms with Crippen LogP contribution in [0.2, 0.25) is 0 Å². The van der Waals surface area contributed by atoms with Crippen molar-refractivity contribution in [3.8, 4) is 0 Å². The molecule has 1 aliphatic heterocycles. The molecule has 0 saturated heterocycles. The van der Waals surface area contributed by atoms with E-state index in [4.69, 9.17) is 4.74 Å². The minimum Gasteiger partial charge on any atom is -0.369 e. The van der Waals surface area contributed by atoms with Crippen LogP contribution in [0.4, 0.5) is 5.69 Å². The first-order valence-electron chi connectivity index (χ1n) is 6.22. The highest BCUT2D eigenvalue weighted by Crippen LogP contribution is 2.25. The fourth-order valence-corrected chi connectivity index (χ4v) is 2.08. The molecule has 0 unspecified atom stereocenters. The SMILES string of the molecule is COC(C)(C)C(=O)N1CCNCc2ccccc21. The minimum absolute atomic E-state index is 0.00106. The molecule has 1 heterocycles. The van der Waals surface area contributed by atoms with Gasteiger partial charge in [0.2, 0.25) is 0 Å². The van der Waals surface area contributed by atoms with Crippen LogP contribution in [0.1, 0.15) is 19.4 Å². The predicted octanol–water partition coefficient (Wildman–Crippen LogP) is 1.55. The molecule has 2 rings (SSSR count). The number of amides is 1. The van der Waals surface area contributed by atoms with Gasteiger partial charge in [-0.25, -0.2) is 0 Å². The third-order valence-corrected chi connectivity index (χ3v) is 3.38. The number of nitrogens with one attached hydrogen (secondary N) is 1. The summed E-state index contributed by atoms with van der Waals surface area (Å²) in [6.45, 7) is 5.86. The molecule has 1 aliphatic rings. The lowest BCUT2D eigenvalue weighted by molar-refractivity contribution is -0.136. The molecule has 0 saturated carbocycles. The molecule has 1 amide bonds. The number of methoxy groups -OCH3 is 1. The molecule has 0 radical (unpaired) electrons. The summed E-state index contributed by atoms with van der Waals surface area (Å²) in [7, 11) is 1.57. The number of ether oxygens (including phenoxy) is 1. The Morgan fingerprint density at radius 3 is 2.83 bits per heavy atom. The molecule has 1 aromatic carbocycles. The van der Waals surface area contributed by atoms with Crippen molar-refractivity contribution in [2.75, 3.05) is 25.1 Å². The van der Waals surface area contributed by atoms with E-state index in [9.17, 15) is 4.79 Å². The van der Waals surface area contributed by atoms with Gasteiger partial charge in [-0.3, -0.25) is 4.79 Å². The molecule has 0 aromatic heterocycles. The predicted molar refractivity (Wildman–Crippen MR) is 71.6 cm³/mol. The standard InChI is InChI=1S/C14H20N2O2/c1-14(2,18-3)13(17)16-9-8-15-10-11-6-4-5-7-12(11)16/h4-7,15H,8-10H2,1-3H3. The molecule has 1 N–H and O–H groups in total. The quantitative estimate of drug-likeness (QED) is 0.863. The van der Waals surface area contributed by atoms with Crippen LogP contribution in [-0.2, 0) is 16.1 Å². The van der Waals surface area contributed by atoms with Gasteiger partial charge in [-0.1, -0.05) is 18.2 Å². The van der Waals surface area contributed by atoms with Gasteiger partial charge in [-0.05, 0) is 25.5 Å². The molecule has 98 valence electrons. The maximum atomic E-state index is 12.5. The zero-order valence-electron chi connectivity index (χ0n) is 11.2. The van der Waals surface area contributed by atoms with Gasteiger partial charge in [-0.2, -0.15) is 0 Å². The highest BCUT2D eigenvalue weighted by molar-refractivity contribution is 5.99. The molecule has 4 heteroatoms. The van der Waals surface area contributed by atoms with E-state index in [2.05, 4.69) is 5.32 Å². The lowest BCUT2D eigenvalue weighted by Gasteiger charge is -2.30. The van der Waals surface area contributed by atoms with E-state index >= 15 is 0 Å². The Labute approximate surface area is 108 Å². The second kappa shape index (κ2) is 5.08. The maximum Gasteiger partial charge on any atom is 0.258 e. The van der Waals surface area contributed by atoms with Crippen molar-refractivity contribution in [2.24, 2.45) is 0 Å². The third-order valence-electron chi connectivity index (χ3n) is 3.38. The van der Waals surface area contributed by atoms with Gasteiger partial charge in [0.05, 0.1) is 0 Å². The van der Waals surface area contributed by atoms with E-state index in [-0.39, 0.29) is 5.91 Å². The molecule has 0 bridgehead atoms. The second-order valence-electron chi connectivity index (χ2n) is 4.98. The Hall–Kier alpha value is -1.39. The van der Waals surface area contributed by atoms with Crippen molar-refractivity contribution in [3.63, 3.8) is 0 Å². The van der Waals surface area contributed by atoms with Crippen LogP contribution in [0.3, 0.4) is 0 Å². The van der Waals surface area contributed by atoms with E-state index in [0.29, 0.717) is 6.54 Å². The van der Waals surface area contributed by atoms with Crippen molar-refractivity contribution in [1.29, 1.82) is 0 Å². The molecule has 0 spiro atoms. The smallest absolute Gasteiger partial charge is 0.258 e. The summed E-state index contributed by atoms with van der Waals surface area (Å²) in [6.07, 6.45) is 0. The van der Waals surface area contributed by atoms with Crippen LogP contribution in [0.15, 0.2) is 24.3 Å². The average Bonchev–Trinajstić information content (AvgIpc) is 2.60. The molecule has 0 atom stereocenters. The van der Waals surface area contributed by atoms with Crippen LogP contribution in [0.5, 0.6) is 0 Å². The lowest BCUT2D eigenvalue weighted by Crippen LogP contribution is -2.48. The Bertz CT molecular complexity index is 443. The summed E-state index contributed by atoms with van der Waals surface area (Å²) >= 11 is 0. The van der Waals surface area contributed by atoms with Crippen molar-refractivity contribution in [3.05, 3.63) is 29.8 Å². The summed E-state index contributed by atoms with van der Waals surface area (Å²) in [5.41, 5.74) is 1.34. The Kier molecular flexibility index (Phi) is 3.68. The van der Waals surface area contributed by atoms with Gasteiger partial charge in [0.25, 0.3) is 5.91 Å². The van der Waals surface area contributed by atoms with Crippen LogP contribution < -0.4 is 10.2 Å². The van der Waals surface area contributed by atoms with Crippen molar-refractivity contribution >= 4 is 11.6 Å². The molecule has 1 aromatic rings. The van der Waals surface area contributed by atoms with Gasteiger partial charge >= 0.3 is 0 Å². The normalized spacial score (nSPS) is 16.1. The maximum absolute atomic E-state index is 12.5. The monoisotopic (exact) mass is 248 g/mol. The highest BCUT2D eigenvalue weighted by Gasteiger charge is 2.33. The zero-order valence-corrected chi connectivity index (χ0v) is 11.2. The lowest BCUT2D eigenvalue weighted by atomic mass is 10.1. The number of rotatable bonds is 2. The average molecular weight is 248 g/mol. The number of fused-ring (bicyclic) bond motifs is 1. The number of anilines is 1. The van der Waals surface area contributed by atoms with E-state index in [0.717, 1.165) is 24.3 Å². The summed E-state index contributed by atoms with van der Waals surface area (Å²) in [4.78, 5) is 14.4. The van der Waals surface area contributed by atoms with E-state index in [1.165, 1.54) is 0 Å². The van der Waals surface area contributed by atoms with E-state index < -0.39 is 5.60 Å². The molecule has 0 aliphatic carbocycles. The molecule has 0 fully saturated rings. The number of carbonyl (C=O) groups excluding carboxylic acids is 1. The topological polar surface area (TPSA) is 41.6 Å². The minimum atomic E-state index is -0.794. The van der Waals surface area contributed by atoms with Crippen LogP contribution in [-0.4, -0.2) is 31.7 Å². The second-order valence-corrected chi connectivity index (χ2v) is 4.98. The number of hydrogen-bond acceptors (Lipinski definition) is 3. The van der Waals surface area contributed by atoms with Crippen LogP contribution >= 0.6 is 0 Å². The molecular weight excluding hydrogens is 228 g/mol. The summed E-state index contributed by atoms with van der Waals surface area (Å²) in [5.74, 6) is 0.00106. The summed E-state index contributed by atoms with van der Waals surface area (Å²) in [6, 6.07) is 8.00. The number of para-hydroxylation sites is 1. The van der Waals surface area contributed by atoms with Gasteiger partial charge < -0.3 is 15.0 Å². The van der Waals surface area contributed by atoms with Gasteiger partial charge in [0.15, 0.2) is 0 Å². The fourth-order valence-electron chi connectivity index (χ4n) is 2.08. The Morgan fingerprint density at radius 1 is 1.39 bits per heavy atom. The Morgan fingerprint density at radius 2 is 2.11 bits per heavy atom. The number of nitrogens with zero attached hydrogens (tertiary/aromatic N) is 1. The Balaban J connectivity index is 2.36. The van der Waals surface area contributed by atoms with Crippen molar-refractivity contribution < 1.29 is 9.53 Å². The molecular formula is C14H20N2O2. The molecule has 18 heavy (non-hydrogen) atoms. The first kappa shape index (κ1) is 13.1. The highest BCUT2D eigenvalue weighted by atomic mass is 16.5. The third kappa shape index (κ3) is 2.40. The van der Waals surface area contributed by atoms with Crippen molar-refractivity contribution in [1.82, 2.24) is 5.32 Å². The number of carbonyl (C=O) groups is 1. The largest absolute Gasteiger partial charge is 0.369 e. The van der Waals surface area contributed by atoms with Gasteiger partial charge in [0, 0.05) is 32.4 Å². The van der Waals surface area contributed by atoms with Crippen LogP contribution in [0, 0.1) is 0 Å². The van der Waals surface area contributed by atoms with E-state index in [1.807, 2.05) is 29.2 Å². The number of hydrogen-bond donors (Lipinski definition) is 1. The van der Waals surface area contributed by atoms with Crippen molar-refractivity contribution in [2.45, 2.75) is 26.0 Å². The number of benzene rings is 1. The van der Waals surface area contributed by atoms with Crippen LogP contribution in [0.25, 0.3) is 0 Å². The summed E-state index contributed by atoms with van der Waals surface area (Å²) < 4.78 is 5.30. The van der Waals surface area contributed by atoms with Gasteiger partial charge in [0.1, 0.15) is 5.60 Å². The van der Waals surface area contributed by atoms with Gasteiger partial charge in [-0.15, -0.1) is 0 Å². The zero-order chi connectivity index (χ0) is 13.2.